The quantitative estimate of drug-likeness (QED) is 0.207. The number of amides is 3. The van der Waals surface area contributed by atoms with E-state index in [0.717, 1.165) is 16.5 Å². The van der Waals surface area contributed by atoms with Crippen LogP contribution in [-0.2, 0) is 36.9 Å². The van der Waals surface area contributed by atoms with Crippen LogP contribution in [0.4, 0.5) is 4.39 Å². The molecular weight excluding hydrogens is 517 g/mol. The molecule has 0 bridgehead atoms. The van der Waals surface area contributed by atoms with E-state index in [2.05, 4.69) is 20.9 Å². The van der Waals surface area contributed by atoms with Crippen molar-refractivity contribution in [3.8, 4) is 0 Å². The fourth-order valence-corrected chi connectivity index (χ4v) is 4.58. The number of aromatic nitrogens is 1. The molecule has 1 saturated heterocycles. The highest BCUT2D eigenvalue weighted by molar-refractivity contribution is 6.26. The summed E-state index contributed by atoms with van der Waals surface area (Å²) in [6.07, 6.45) is 2.99. The Kier molecular flexibility index (Phi) is 9.74. The van der Waals surface area contributed by atoms with Gasteiger partial charge in [0.05, 0.1) is 18.7 Å². The molecule has 1 aromatic heterocycles. The Morgan fingerprint density at radius 3 is 2.55 bits per heavy atom. The highest BCUT2D eigenvalue weighted by Crippen LogP contribution is 2.20. The Bertz CT molecular complexity index is 1370. The van der Waals surface area contributed by atoms with Gasteiger partial charge in [-0.1, -0.05) is 30.3 Å². The molecular formula is C29H32FN5O5. The Morgan fingerprint density at radius 1 is 1.05 bits per heavy atom. The van der Waals surface area contributed by atoms with E-state index in [0.29, 0.717) is 24.8 Å². The number of carbonyl (C=O) groups is 4. The zero-order chi connectivity index (χ0) is 28.5. The van der Waals surface area contributed by atoms with Gasteiger partial charge in [-0.2, -0.15) is 0 Å². The van der Waals surface area contributed by atoms with Gasteiger partial charge in [0.25, 0.3) is 0 Å². The molecule has 3 atom stereocenters. The molecule has 0 radical (unpaired) electrons. The lowest BCUT2D eigenvalue weighted by atomic mass is 10.0. The summed E-state index contributed by atoms with van der Waals surface area (Å²) in [5.41, 5.74) is 2.35. The van der Waals surface area contributed by atoms with E-state index in [4.69, 9.17) is 10.1 Å². The Hall–Kier alpha value is -4.38. The Balaban J connectivity index is 1.51. The summed E-state index contributed by atoms with van der Waals surface area (Å²) in [6.45, 7) is 0.823. The van der Waals surface area contributed by atoms with Gasteiger partial charge < -0.3 is 31.1 Å². The predicted molar refractivity (Wildman–Crippen MR) is 146 cm³/mol. The third-order valence-electron chi connectivity index (χ3n) is 6.89. The van der Waals surface area contributed by atoms with Crippen molar-refractivity contribution < 1.29 is 28.3 Å². The van der Waals surface area contributed by atoms with Gasteiger partial charge in [-0.25, -0.2) is 4.39 Å². The van der Waals surface area contributed by atoms with Crippen molar-refractivity contribution >= 4 is 40.6 Å². The van der Waals surface area contributed by atoms with Gasteiger partial charge in [0, 0.05) is 43.1 Å². The minimum Gasteiger partial charge on any atom is -0.381 e. The molecule has 1 fully saturated rings. The maximum absolute atomic E-state index is 13.6. The van der Waals surface area contributed by atoms with Crippen LogP contribution in [0.5, 0.6) is 0 Å². The van der Waals surface area contributed by atoms with Gasteiger partial charge in [-0.05, 0) is 42.2 Å². The number of hydrogen-bond acceptors (Lipinski definition) is 6. The third-order valence-corrected chi connectivity index (χ3v) is 6.89. The van der Waals surface area contributed by atoms with Crippen molar-refractivity contribution in [3.05, 3.63) is 71.7 Å². The maximum Gasteiger partial charge on any atom is 0.243 e. The van der Waals surface area contributed by atoms with Crippen molar-refractivity contribution in [2.45, 2.75) is 44.3 Å². The highest BCUT2D eigenvalue weighted by atomic mass is 19.1. The Morgan fingerprint density at radius 2 is 1.82 bits per heavy atom. The summed E-state index contributed by atoms with van der Waals surface area (Å²) >= 11 is 0. The molecule has 1 aliphatic rings. The smallest absolute Gasteiger partial charge is 0.243 e. The standard InChI is InChI=1S/C29H32FN5O5/c30-21-7-5-18(6-8-21)15-33-28(38)25(10-9-22(36)14-31)34-29(39)26(35-27(37)19-11-12-40-17-19)13-20-16-32-24-4-2-1-3-23(20)24/h1-8,14,16,19,25-26,31-32H,9-13,15,17H2,(H,33,38)(H,34,39)(H,35,37)/t19-,25-,26-/m0/s1. The van der Waals surface area contributed by atoms with Gasteiger partial charge in [-0.15, -0.1) is 0 Å². The minimum atomic E-state index is -1.10. The van der Waals surface area contributed by atoms with Crippen molar-refractivity contribution in [2.24, 2.45) is 5.92 Å². The summed E-state index contributed by atoms with van der Waals surface area (Å²) in [5.74, 6) is -2.71. The molecule has 11 heteroatoms. The molecule has 5 N–H and O–H groups in total. The number of aromatic amines is 1. The molecule has 0 saturated carbocycles. The molecule has 3 aromatic rings. The van der Waals surface area contributed by atoms with Gasteiger partial charge >= 0.3 is 0 Å². The van der Waals surface area contributed by atoms with Crippen LogP contribution in [0, 0.1) is 17.1 Å². The first-order chi connectivity index (χ1) is 19.3. The lowest BCUT2D eigenvalue weighted by molar-refractivity contribution is -0.133. The van der Waals surface area contributed by atoms with E-state index in [1.807, 2.05) is 24.3 Å². The average molecular weight is 550 g/mol. The van der Waals surface area contributed by atoms with Crippen LogP contribution in [-0.4, -0.2) is 60.0 Å². The van der Waals surface area contributed by atoms with E-state index < -0.39 is 35.5 Å². The van der Waals surface area contributed by atoms with Gasteiger partial charge in [0.1, 0.15) is 17.9 Å². The lowest BCUT2D eigenvalue weighted by Crippen LogP contribution is -2.55. The van der Waals surface area contributed by atoms with Crippen LogP contribution < -0.4 is 16.0 Å². The average Bonchev–Trinajstić information content (AvgIpc) is 3.65. The number of hydrogen-bond donors (Lipinski definition) is 5. The molecule has 10 nitrogen and oxygen atoms in total. The van der Waals surface area contributed by atoms with E-state index in [1.165, 1.54) is 24.3 Å². The van der Waals surface area contributed by atoms with Crippen molar-refractivity contribution in [2.75, 3.05) is 13.2 Å². The number of benzene rings is 2. The molecule has 0 unspecified atom stereocenters. The molecule has 3 amide bonds. The minimum absolute atomic E-state index is 0.0422. The van der Waals surface area contributed by atoms with Crippen LogP contribution >= 0.6 is 0 Å². The Labute approximate surface area is 230 Å². The summed E-state index contributed by atoms with van der Waals surface area (Å²) < 4.78 is 18.6. The maximum atomic E-state index is 13.6. The van der Waals surface area contributed by atoms with Crippen molar-refractivity contribution in [1.82, 2.24) is 20.9 Å². The monoisotopic (exact) mass is 549 g/mol. The van der Waals surface area contributed by atoms with Crippen LogP contribution in [0.25, 0.3) is 10.9 Å². The predicted octanol–water partition coefficient (Wildman–Crippen LogP) is 2.17. The first-order valence-electron chi connectivity index (χ1n) is 13.1. The molecule has 2 aromatic carbocycles. The molecule has 1 aliphatic heterocycles. The zero-order valence-electron chi connectivity index (χ0n) is 21.9. The van der Waals surface area contributed by atoms with Gasteiger partial charge in [0.2, 0.25) is 17.7 Å². The summed E-state index contributed by atoms with van der Waals surface area (Å²) in [4.78, 5) is 54.6. The van der Waals surface area contributed by atoms with Crippen LogP contribution in [0.1, 0.15) is 30.4 Å². The van der Waals surface area contributed by atoms with E-state index >= 15 is 0 Å². The van der Waals surface area contributed by atoms with Crippen molar-refractivity contribution in [1.29, 1.82) is 5.41 Å². The number of rotatable bonds is 13. The number of ether oxygens (including phenoxy) is 1. The van der Waals surface area contributed by atoms with Crippen LogP contribution in [0.2, 0.25) is 0 Å². The van der Waals surface area contributed by atoms with Crippen LogP contribution in [0.3, 0.4) is 0 Å². The number of fused-ring (bicyclic) bond motifs is 1. The number of para-hydroxylation sites is 1. The first kappa shape index (κ1) is 28.6. The van der Waals surface area contributed by atoms with Gasteiger partial charge in [-0.3, -0.25) is 19.2 Å². The highest BCUT2D eigenvalue weighted by Gasteiger charge is 2.31. The SMILES string of the molecule is N=CC(=O)CC[C@H](NC(=O)[C@H](Cc1c[nH]c2ccccc12)NC(=O)[C@H]1CCOC1)C(=O)NCc1ccc(F)cc1. The van der Waals surface area contributed by atoms with E-state index in [1.54, 1.807) is 6.20 Å². The number of H-pyrrole nitrogens is 1. The van der Waals surface area contributed by atoms with Crippen LogP contribution in [0.15, 0.2) is 54.7 Å². The molecule has 0 aliphatic carbocycles. The molecule has 2 heterocycles. The zero-order valence-corrected chi connectivity index (χ0v) is 21.9. The second kappa shape index (κ2) is 13.6. The number of Topliss-reactive ketones (excluding diaryl/α,β-unsaturated/α-hetero) is 1. The number of carbonyl (C=O) groups excluding carboxylic acids is 4. The summed E-state index contributed by atoms with van der Waals surface area (Å²) in [5, 5.41) is 16.3. The number of ketones is 1. The second-order valence-electron chi connectivity index (χ2n) is 9.74. The largest absolute Gasteiger partial charge is 0.381 e. The fourth-order valence-electron chi connectivity index (χ4n) is 4.58. The molecule has 210 valence electrons. The lowest BCUT2D eigenvalue weighted by Gasteiger charge is -2.24. The van der Waals surface area contributed by atoms with E-state index in [-0.39, 0.29) is 44.2 Å². The molecule has 4 rings (SSSR count). The molecule has 0 spiro atoms. The fraction of sp³-hybridized carbons (Fsp3) is 0.345. The third kappa shape index (κ3) is 7.60. The first-order valence-corrected chi connectivity index (χ1v) is 13.1. The number of halogens is 1. The topological polar surface area (TPSA) is 153 Å². The number of nitrogens with one attached hydrogen (secondary N) is 5. The summed E-state index contributed by atoms with van der Waals surface area (Å²) in [6, 6.07) is 11.1. The van der Waals surface area contributed by atoms with Crippen molar-refractivity contribution in [3.63, 3.8) is 0 Å². The normalized spacial score (nSPS) is 16.2. The van der Waals surface area contributed by atoms with E-state index in [9.17, 15) is 23.6 Å². The molecule has 40 heavy (non-hydrogen) atoms. The van der Waals surface area contributed by atoms with Gasteiger partial charge in [0.15, 0.2) is 5.78 Å². The summed E-state index contributed by atoms with van der Waals surface area (Å²) in [7, 11) is 0. The second-order valence-corrected chi connectivity index (χ2v) is 9.74.